The molecule has 0 radical (unpaired) electrons. The lowest BCUT2D eigenvalue weighted by atomic mass is 10.3. The zero-order valence-corrected chi connectivity index (χ0v) is 15.6. The number of carbonyl (C=O) groups excluding carboxylic acids is 2. The number of carbonyl (C=O) groups is 2. The molecule has 1 aliphatic rings. The number of piperazine rings is 1. The number of rotatable bonds is 6. The Kier molecular flexibility index (Phi) is 6.78. The molecule has 6 nitrogen and oxygen atoms in total. The number of benzene rings is 1. The van der Waals surface area contributed by atoms with Gasteiger partial charge < -0.3 is 10.2 Å². The first-order valence-corrected chi connectivity index (χ1v) is 9.68. The molecule has 1 N–H and O–H groups in total. The van der Waals surface area contributed by atoms with Gasteiger partial charge in [0.05, 0.1) is 17.3 Å². The molecule has 0 atom stereocenters. The summed E-state index contributed by atoms with van der Waals surface area (Å²) in [5.74, 6) is -0.0367. The first-order valence-electron chi connectivity index (χ1n) is 8.69. The highest BCUT2D eigenvalue weighted by atomic mass is 32.2. The van der Waals surface area contributed by atoms with Gasteiger partial charge in [-0.1, -0.05) is 17.8 Å². The lowest BCUT2D eigenvalue weighted by molar-refractivity contribution is -0.130. The van der Waals surface area contributed by atoms with Gasteiger partial charge >= 0.3 is 0 Å². The predicted molar refractivity (Wildman–Crippen MR) is 103 cm³/mol. The van der Waals surface area contributed by atoms with E-state index in [-0.39, 0.29) is 24.2 Å². The SMILES string of the molecule is O=C(CN1CCN(C(=O)CSc2ccccn2)CC1)Nc1ccc(F)cc1. The minimum Gasteiger partial charge on any atom is -0.339 e. The smallest absolute Gasteiger partial charge is 0.238 e. The Morgan fingerprint density at radius 2 is 1.81 bits per heavy atom. The maximum absolute atomic E-state index is 12.9. The quantitative estimate of drug-likeness (QED) is 0.768. The second kappa shape index (κ2) is 9.48. The van der Waals surface area contributed by atoms with Crippen LogP contribution in [0.4, 0.5) is 10.1 Å². The van der Waals surface area contributed by atoms with Gasteiger partial charge in [0.15, 0.2) is 0 Å². The molecule has 0 saturated carbocycles. The average molecular weight is 388 g/mol. The van der Waals surface area contributed by atoms with Crippen LogP contribution in [0.25, 0.3) is 0 Å². The zero-order valence-electron chi connectivity index (χ0n) is 14.8. The maximum Gasteiger partial charge on any atom is 0.238 e. The fraction of sp³-hybridized carbons (Fsp3) is 0.316. The minimum atomic E-state index is -0.338. The van der Waals surface area contributed by atoms with Gasteiger partial charge in [0.1, 0.15) is 5.82 Å². The van der Waals surface area contributed by atoms with Crippen LogP contribution in [-0.2, 0) is 9.59 Å². The normalized spacial score (nSPS) is 14.8. The molecule has 1 aliphatic heterocycles. The lowest BCUT2D eigenvalue weighted by Gasteiger charge is -2.34. The van der Waals surface area contributed by atoms with E-state index in [1.165, 1.54) is 36.0 Å². The molecule has 1 fully saturated rings. The van der Waals surface area contributed by atoms with Crippen LogP contribution in [0.15, 0.2) is 53.7 Å². The Labute approximate surface area is 161 Å². The molecule has 0 unspecified atom stereocenters. The lowest BCUT2D eigenvalue weighted by Crippen LogP contribution is -2.50. The number of aromatic nitrogens is 1. The molecule has 0 bridgehead atoms. The van der Waals surface area contributed by atoms with Crippen LogP contribution < -0.4 is 5.32 Å². The molecule has 1 aromatic carbocycles. The summed E-state index contributed by atoms with van der Waals surface area (Å²) in [6, 6.07) is 11.3. The minimum absolute atomic E-state index is 0.0843. The second-order valence-corrected chi connectivity index (χ2v) is 7.16. The van der Waals surface area contributed by atoms with Crippen molar-refractivity contribution in [3.63, 3.8) is 0 Å². The van der Waals surface area contributed by atoms with Crippen LogP contribution in [-0.4, -0.2) is 65.1 Å². The first-order chi connectivity index (χ1) is 13.1. The van der Waals surface area contributed by atoms with E-state index in [4.69, 9.17) is 0 Å². The standard InChI is InChI=1S/C19H21FN4O2S/c20-15-4-6-16(7-5-15)22-17(25)13-23-9-11-24(12-10-23)19(26)14-27-18-3-1-2-8-21-18/h1-8H,9-14H2,(H,22,25). The van der Waals surface area contributed by atoms with E-state index in [0.29, 0.717) is 37.6 Å². The molecule has 1 aromatic heterocycles. The summed E-state index contributed by atoms with van der Waals surface area (Å²) in [4.78, 5) is 32.5. The van der Waals surface area contributed by atoms with E-state index in [1.54, 1.807) is 6.20 Å². The van der Waals surface area contributed by atoms with E-state index < -0.39 is 0 Å². The molecular weight excluding hydrogens is 367 g/mol. The van der Waals surface area contributed by atoms with E-state index in [2.05, 4.69) is 10.3 Å². The summed E-state index contributed by atoms with van der Waals surface area (Å²) in [5.41, 5.74) is 0.571. The average Bonchev–Trinajstić information content (AvgIpc) is 2.69. The molecule has 2 aromatic rings. The Morgan fingerprint density at radius 1 is 1.07 bits per heavy atom. The first kappa shape index (κ1) is 19.3. The fourth-order valence-electron chi connectivity index (χ4n) is 2.75. The van der Waals surface area contributed by atoms with Crippen molar-refractivity contribution >= 4 is 29.3 Å². The molecule has 1 saturated heterocycles. The van der Waals surface area contributed by atoms with E-state index >= 15 is 0 Å². The number of thioether (sulfide) groups is 1. The van der Waals surface area contributed by atoms with Gasteiger partial charge in [-0.05, 0) is 36.4 Å². The Hall–Kier alpha value is -2.45. The number of nitrogens with zero attached hydrogens (tertiary/aromatic N) is 3. The van der Waals surface area contributed by atoms with Crippen molar-refractivity contribution in [2.24, 2.45) is 0 Å². The largest absolute Gasteiger partial charge is 0.339 e. The molecule has 2 heterocycles. The van der Waals surface area contributed by atoms with Crippen LogP contribution in [0.2, 0.25) is 0 Å². The van der Waals surface area contributed by atoms with Gasteiger partial charge in [0, 0.05) is 38.1 Å². The number of anilines is 1. The Morgan fingerprint density at radius 3 is 2.48 bits per heavy atom. The maximum atomic E-state index is 12.9. The van der Waals surface area contributed by atoms with Crippen molar-refractivity contribution < 1.29 is 14.0 Å². The number of hydrogen-bond acceptors (Lipinski definition) is 5. The van der Waals surface area contributed by atoms with Crippen molar-refractivity contribution in [2.75, 3.05) is 43.8 Å². The highest BCUT2D eigenvalue weighted by molar-refractivity contribution is 7.99. The number of halogens is 1. The van der Waals surface area contributed by atoms with E-state index in [1.807, 2.05) is 28.0 Å². The molecular formula is C19H21FN4O2S. The van der Waals surface area contributed by atoms with Gasteiger partial charge in [-0.2, -0.15) is 0 Å². The Bertz CT molecular complexity index is 765. The van der Waals surface area contributed by atoms with Crippen LogP contribution in [0.5, 0.6) is 0 Å². The third kappa shape index (κ3) is 6.04. The number of amides is 2. The van der Waals surface area contributed by atoms with Gasteiger partial charge in [-0.15, -0.1) is 0 Å². The zero-order chi connectivity index (χ0) is 19.1. The van der Waals surface area contributed by atoms with E-state index in [0.717, 1.165) is 5.03 Å². The summed E-state index contributed by atoms with van der Waals surface area (Å²) < 4.78 is 12.9. The van der Waals surface area contributed by atoms with E-state index in [9.17, 15) is 14.0 Å². The van der Waals surface area contributed by atoms with Gasteiger partial charge in [0.25, 0.3) is 0 Å². The van der Waals surface area contributed by atoms with Crippen molar-refractivity contribution in [3.8, 4) is 0 Å². The number of hydrogen-bond donors (Lipinski definition) is 1. The fourth-order valence-corrected chi connectivity index (χ4v) is 3.52. The monoisotopic (exact) mass is 388 g/mol. The van der Waals surface area contributed by atoms with Crippen LogP contribution in [0.3, 0.4) is 0 Å². The Balaban J connectivity index is 1.38. The third-order valence-electron chi connectivity index (χ3n) is 4.20. The molecule has 3 rings (SSSR count). The second-order valence-electron chi connectivity index (χ2n) is 6.17. The van der Waals surface area contributed by atoms with Crippen molar-refractivity contribution in [2.45, 2.75) is 5.03 Å². The van der Waals surface area contributed by atoms with Crippen LogP contribution in [0.1, 0.15) is 0 Å². The summed E-state index contributed by atoms with van der Waals surface area (Å²) in [5, 5.41) is 3.59. The topological polar surface area (TPSA) is 65.5 Å². The summed E-state index contributed by atoms with van der Waals surface area (Å²) in [6.45, 7) is 2.76. The van der Waals surface area contributed by atoms with Crippen molar-refractivity contribution in [1.29, 1.82) is 0 Å². The molecule has 0 aliphatic carbocycles. The molecule has 142 valence electrons. The van der Waals surface area contributed by atoms with Crippen molar-refractivity contribution in [1.82, 2.24) is 14.8 Å². The van der Waals surface area contributed by atoms with Crippen LogP contribution in [0, 0.1) is 5.82 Å². The highest BCUT2D eigenvalue weighted by Gasteiger charge is 2.22. The third-order valence-corrected chi connectivity index (χ3v) is 5.13. The number of pyridine rings is 1. The van der Waals surface area contributed by atoms with Crippen LogP contribution >= 0.6 is 11.8 Å². The highest BCUT2D eigenvalue weighted by Crippen LogP contribution is 2.15. The van der Waals surface area contributed by atoms with Gasteiger partial charge in [-0.3, -0.25) is 14.5 Å². The number of nitrogens with one attached hydrogen (secondary N) is 1. The summed E-state index contributed by atoms with van der Waals surface area (Å²) >= 11 is 1.43. The summed E-state index contributed by atoms with van der Waals surface area (Å²) in [7, 11) is 0. The molecule has 0 spiro atoms. The van der Waals surface area contributed by atoms with Gasteiger partial charge in [0.2, 0.25) is 11.8 Å². The van der Waals surface area contributed by atoms with Gasteiger partial charge in [-0.25, -0.2) is 9.37 Å². The predicted octanol–water partition coefficient (Wildman–Crippen LogP) is 2.10. The molecule has 2 amide bonds. The van der Waals surface area contributed by atoms with Crippen molar-refractivity contribution in [3.05, 3.63) is 54.5 Å². The molecule has 27 heavy (non-hydrogen) atoms. The summed E-state index contributed by atoms with van der Waals surface area (Å²) in [6.07, 6.45) is 1.71. The molecule has 8 heteroatoms.